The number of benzene rings is 1. The zero-order valence-corrected chi connectivity index (χ0v) is 15.6. The molecule has 8 nitrogen and oxygen atoms in total. The van der Waals surface area contributed by atoms with Gasteiger partial charge in [-0.1, -0.05) is 0 Å². The number of amides is 2. The quantitative estimate of drug-likeness (QED) is 0.574. The summed E-state index contributed by atoms with van der Waals surface area (Å²) >= 11 is 0. The van der Waals surface area contributed by atoms with Gasteiger partial charge in [-0.05, 0) is 57.5 Å². The normalized spacial score (nSPS) is 12.9. The third kappa shape index (κ3) is 4.53. The Bertz CT molecular complexity index is 868. The third-order valence-electron chi connectivity index (χ3n) is 4.21. The summed E-state index contributed by atoms with van der Waals surface area (Å²) in [5.74, 6) is -1.77. The van der Waals surface area contributed by atoms with Crippen molar-refractivity contribution >= 4 is 23.5 Å². The summed E-state index contributed by atoms with van der Waals surface area (Å²) < 4.78 is 5.22. The minimum absolute atomic E-state index is 0.203. The van der Waals surface area contributed by atoms with Gasteiger partial charge in [0.05, 0.1) is 6.10 Å². The fourth-order valence-corrected chi connectivity index (χ4v) is 2.83. The van der Waals surface area contributed by atoms with Crippen LogP contribution in [0.4, 0.5) is 5.69 Å². The van der Waals surface area contributed by atoms with E-state index in [2.05, 4.69) is 10.3 Å². The number of esters is 1. The van der Waals surface area contributed by atoms with Crippen molar-refractivity contribution in [2.75, 3.05) is 5.32 Å². The molecule has 1 heterocycles. The van der Waals surface area contributed by atoms with Crippen LogP contribution < -0.4 is 11.1 Å². The molecule has 0 aliphatic heterocycles. The van der Waals surface area contributed by atoms with E-state index in [9.17, 15) is 19.5 Å². The predicted molar refractivity (Wildman–Crippen MR) is 99.4 cm³/mol. The van der Waals surface area contributed by atoms with E-state index in [0.717, 1.165) is 0 Å². The second-order valence-electron chi connectivity index (χ2n) is 6.32. The number of aryl methyl sites for hydroxylation is 1. The minimum Gasteiger partial charge on any atom is -0.448 e. The van der Waals surface area contributed by atoms with Gasteiger partial charge in [0.2, 0.25) is 5.91 Å². The highest BCUT2D eigenvalue weighted by molar-refractivity contribution is 5.98. The van der Waals surface area contributed by atoms with Gasteiger partial charge >= 0.3 is 5.97 Å². The molecular formula is C19H23N3O5. The maximum absolute atomic E-state index is 12.4. The molecule has 0 saturated heterocycles. The number of nitrogens with two attached hydrogens (primary N) is 1. The van der Waals surface area contributed by atoms with Gasteiger partial charge in [-0.25, -0.2) is 4.79 Å². The van der Waals surface area contributed by atoms with Gasteiger partial charge in [0, 0.05) is 22.5 Å². The van der Waals surface area contributed by atoms with Crippen molar-refractivity contribution in [3.63, 3.8) is 0 Å². The Balaban J connectivity index is 2.04. The van der Waals surface area contributed by atoms with Gasteiger partial charge < -0.3 is 25.9 Å². The van der Waals surface area contributed by atoms with E-state index in [0.29, 0.717) is 28.1 Å². The number of H-pyrrole nitrogens is 1. The molecule has 27 heavy (non-hydrogen) atoms. The number of rotatable bonds is 6. The van der Waals surface area contributed by atoms with Crippen molar-refractivity contribution in [3.8, 4) is 0 Å². The summed E-state index contributed by atoms with van der Waals surface area (Å²) in [7, 11) is 0. The molecule has 0 radical (unpaired) electrons. The van der Waals surface area contributed by atoms with Gasteiger partial charge in [0.15, 0.2) is 6.10 Å². The summed E-state index contributed by atoms with van der Waals surface area (Å²) in [6.07, 6.45) is -1.78. The van der Waals surface area contributed by atoms with E-state index in [1.165, 1.54) is 31.2 Å². The van der Waals surface area contributed by atoms with Gasteiger partial charge in [-0.2, -0.15) is 0 Å². The fraction of sp³-hybridized carbons (Fsp3) is 0.316. The number of nitrogens with one attached hydrogen (secondary N) is 2. The van der Waals surface area contributed by atoms with Crippen molar-refractivity contribution in [2.24, 2.45) is 5.73 Å². The number of aliphatic hydroxyl groups is 1. The van der Waals surface area contributed by atoms with Crippen LogP contribution in [0.25, 0.3) is 0 Å². The smallest absolute Gasteiger partial charge is 0.355 e. The lowest BCUT2D eigenvalue weighted by Gasteiger charge is -2.14. The van der Waals surface area contributed by atoms with Crippen LogP contribution >= 0.6 is 0 Å². The molecule has 1 aromatic heterocycles. The number of aromatic amines is 1. The lowest BCUT2D eigenvalue weighted by Crippen LogP contribution is -2.30. The van der Waals surface area contributed by atoms with Crippen LogP contribution in [0.5, 0.6) is 0 Å². The molecule has 0 bridgehead atoms. The predicted octanol–water partition coefficient (Wildman–Crippen LogP) is 1.97. The topological polar surface area (TPSA) is 135 Å². The molecule has 0 aliphatic carbocycles. The Morgan fingerprint density at radius 3 is 2.22 bits per heavy atom. The van der Waals surface area contributed by atoms with E-state index < -0.39 is 30.0 Å². The van der Waals surface area contributed by atoms with Crippen LogP contribution in [0, 0.1) is 13.8 Å². The number of hydrogen-bond acceptors (Lipinski definition) is 5. The number of carbonyl (C=O) groups excluding carboxylic acids is 3. The van der Waals surface area contributed by atoms with Crippen LogP contribution in [-0.4, -0.2) is 34.0 Å². The molecule has 0 spiro atoms. The van der Waals surface area contributed by atoms with E-state index in [-0.39, 0.29) is 5.69 Å². The number of aliphatic hydroxyl groups excluding tert-OH is 1. The number of primary amides is 1. The molecule has 144 valence electrons. The second kappa shape index (κ2) is 8.05. The average molecular weight is 373 g/mol. The largest absolute Gasteiger partial charge is 0.448 e. The average Bonchev–Trinajstić information content (AvgIpc) is 2.89. The lowest BCUT2D eigenvalue weighted by molar-refractivity contribution is -0.123. The van der Waals surface area contributed by atoms with E-state index in [1.807, 2.05) is 0 Å². The molecule has 0 unspecified atom stereocenters. The van der Waals surface area contributed by atoms with Crippen LogP contribution in [0.3, 0.4) is 0 Å². The molecule has 5 N–H and O–H groups in total. The summed E-state index contributed by atoms with van der Waals surface area (Å²) in [4.78, 5) is 38.6. The van der Waals surface area contributed by atoms with E-state index >= 15 is 0 Å². The second-order valence-corrected chi connectivity index (χ2v) is 6.32. The van der Waals surface area contributed by atoms with Gasteiger partial charge in [0.1, 0.15) is 5.69 Å². The molecule has 1 aromatic carbocycles. The monoisotopic (exact) mass is 373 g/mol. The fourth-order valence-electron chi connectivity index (χ4n) is 2.83. The Kier molecular flexibility index (Phi) is 6.02. The molecule has 2 atom stereocenters. The van der Waals surface area contributed by atoms with Crippen molar-refractivity contribution < 1.29 is 24.2 Å². The van der Waals surface area contributed by atoms with Crippen molar-refractivity contribution in [3.05, 3.63) is 52.3 Å². The van der Waals surface area contributed by atoms with Crippen LogP contribution in [0.2, 0.25) is 0 Å². The molecule has 2 rings (SSSR count). The molecular weight excluding hydrogens is 350 g/mol. The molecule has 0 aliphatic rings. The number of hydrogen-bond donors (Lipinski definition) is 4. The first-order chi connectivity index (χ1) is 12.6. The van der Waals surface area contributed by atoms with Crippen molar-refractivity contribution in [1.82, 2.24) is 4.98 Å². The summed E-state index contributed by atoms with van der Waals surface area (Å²) in [5.41, 5.74) is 8.01. The first-order valence-corrected chi connectivity index (χ1v) is 8.40. The third-order valence-corrected chi connectivity index (χ3v) is 4.21. The van der Waals surface area contributed by atoms with Crippen LogP contribution in [0.15, 0.2) is 24.3 Å². The maximum Gasteiger partial charge on any atom is 0.355 e. The Morgan fingerprint density at radius 2 is 1.74 bits per heavy atom. The van der Waals surface area contributed by atoms with Gasteiger partial charge in [0.25, 0.3) is 5.91 Å². The number of anilines is 1. The van der Waals surface area contributed by atoms with E-state index in [1.54, 1.807) is 20.8 Å². The highest BCUT2D eigenvalue weighted by atomic mass is 16.5. The van der Waals surface area contributed by atoms with Crippen LogP contribution in [0.1, 0.15) is 57.6 Å². The SMILES string of the molecule is Cc1[nH]c(C(=O)O[C@H](C)C(=O)Nc2ccc(C(N)=O)cc2)c(C)c1[C@@H](C)O. The first kappa shape index (κ1) is 20.2. The minimum atomic E-state index is -1.05. The zero-order chi connectivity index (χ0) is 20.3. The van der Waals surface area contributed by atoms with Crippen LogP contribution in [-0.2, 0) is 9.53 Å². The number of ether oxygens (including phenoxy) is 1. The Morgan fingerprint density at radius 1 is 1.15 bits per heavy atom. The Labute approximate surface area is 156 Å². The number of aromatic nitrogens is 1. The van der Waals surface area contributed by atoms with Gasteiger partial charge in [-0.3, -0.25) is 9.59 Å². The van der Waals surface area contributed by atoms with Gasteiger partial charge in [-0.15, -0.1) is 0 Å². The highest BCUT2D eigenvalue weighted by Gasteiger charge is 2.24. The molecule has 0 saturated carbocycles. The number of carbonyl (C=O) groups is 3. The lowest BCUT2D eigenvalue weighted by atomic mass is 10.1. The zero-order valence-electron chi connectivity index (χ0n) is 15.6. The van der Waals surface area contributed by atoms with Crippen molar-refractivity contribution in [2.45, 2.75) is 39.9 Å². The Hall–Kier alpha value is -3.13. The molecule has 8 heteroatoms. The summed E-state index contributed by atoms with van der Waals surface area (Å²) in [5, 5.41) is 12.4. The standard InChI is InChI=1S/C19H23N3O5/c1-9-15(11(3)23)10(2)21-16(9)19(26)27-12(4)18(25)22-14-7-5-13(6-8-14)17(20)24/h5-8,11-12,21,23H,1-4H3,(H2,20,24)(H,22,25)/t11-,12-/m1/s1. The van der Waals surface area contributed by atoms with Crippen molar-refractivity contribution in [1.29, 1.82) is 0 Å². The molecule has 2 amide bonds. The first-order valence-electron chi connectivity index (χ1n) is 8.40. The molecule has 2 aromatic rings. The maximum atomic E-state index is 12.4. The summed E-state index contributed by atoms with van der Waals surface area (Å²) in [6.45, 7) is 6.51. The summed E-state index contributed by atoms with van der Waals surface area (Å²) in [6, 6.07) is 6.02. The molecule has 0 fully saturated rings. The highest BCUT2D eigenvalue weighted by Crippen LogP contribution is 2.25. The van der Waals surface area contributed by atoms with E-state index in [4.69, 9.17) is 10.5 Å².